The Labute approximate surface area is 148 Å². The van der Waals surface area contributed by atoms with Gasteiger partial charge in [0.15, 0.2) is 0 Å². The summed E-state index contributed by atoms with van der Waals surface area (Å²) >= 11 is 5.88. The third kappa shape index (κ3) is 4.07. The zero-order valence-electron chi connectivity index (χ0n) is 13.2. The molecule has 0 unspecified atom stereocenters. The Kier molecular flexibility index (Phi) is 4.90. The van der Waals surface area contributed by atoms with Gasteiger partial charge in [0.05, 0.1) is 22.8 Å². The van der Waals surface area contributed by atoms with Crippen LogP contribution in [0.4, 0.5) is 18.9 Å². The van der Waals surface area contributed by atoms with Gasteiger partial charge in [-0.15, -0.1) is 0 Å². The van der Waals surface area contributed by atoms with Crippen LogP contribution in [0.25, 0.3) is 0 Å². The fraction of sp³-hybridized carbons (Fsp3) is 0.278. The number of hydrogen-bond donors (Lipinski definition) is 1. The molecule has 132 valence electrons. The third-order valence-corrected chi connectivity index (χ3v) is 4.52. The molecule has 2 aromatic rings. The number of nitrogens with zero attached hydrogens (tertiary/aromatic N) is 1. The van der Waals surface area contributed by atoms with E-state index >= 15 is 0 Å². The predicted molar refractivity (Wildman–Crippen MR) is 90.5 cm³/mol. The van der Waals surface area contributed by atoms with Gasteiger partial charge >= 0.3 is 6.18 Å². The molecule has 0 bridgehead atoms. The maximum Gasteiger partial charge on any atom is 0.416 e. The molecule has 0 radical (unpaired) electrons. The largest absolute Gasteiger partial charge is 0.416 e. The van der Waals surface area contributed by atoms with Crippen LogP contribution >= 0.6 is 11.6 Å². The molecular formula is C18H16ClF3N2O. The van der Waals surface area contributed by atoms with E-state index in [4.69, 9.17) is 11.6 Å². The molecule has 0 aliphatic carbocycles. The van der Waals surface area contributed by atoms with Crippen LogP contribution in [-0.4, -0.2) is 23.9 Å². The summed E-state index contributed by atoms with van der Waals surface area (Å²) in [7, 11) is 0. The van der Waals surface area contributed by atoms with E-state index < -0.39 is 11.7 Å². The molecule has 0 atom stereocenters. The van der Waals surface area contributed by atoms with Crippen LogP contribution in [0.2, 0.25) is 5.02 Å². The molecule has 0 spiro atoms. The second kappa shape index (κ2) is 6.96. The molecule has 0 aromatic heterocycles. The van der Waals surface area contributed by atoms with Crippen molar-refractivity contribution in [2.45, 2.75) is 19.1 Å². The quantitative estimate of drug-likeness (QED) is 0.873. The van der Waals surface area contributed by atoms with E-state index in [9.17, 15) is 18.0 Å². The predicted octanol–water partition coefficient (Wildman–Crippen LogP) is 4.36. The number of rotatable bonds is 3. The standard InChI is InChI=1S/C18H16ClF3N2O/c19-15-9-14(18(20,21)22)5-6-16(15)23-10-17(25)24-8-7-12-3-1-2-4-13(12)11-24/h1-6,9,23H,7-8,10-11H2. The minimum atomic E-state index is -4.45. The zero-order valence-corrected chi connectivity index (χ0v) is 14.0. The van der Waals surface area contributed by atoms with Crippen LogP contribution in [-0.2, 0) is 23.9 Å². The molecule has 3 rings (SSSR count). The Morgan fingerprint density at radius 1 is 1.16 bits per heavy atom. The summed E-state index contributed by atoms with van der Waals surface area (Å²) < 4.78 is 37.9. The first-order chi connectivity index (χ1) is 11.8. The Balaban J connectivity index is 1.62. The Morgan fingerprint density at radius 2 is 1.88 bits per heavy atom. The van der Waals surface area contributed by atoms with Crippen molar-refractivity contribution in [2.24, 2.45) is 0 Å². The minimum Gasteiger partial charge on any atom is -0.375 e. The molecule has 1 N–H and O–H groups in total. The summed E-state index contributed by atoms with van der Waals surface area (Å²) in [5.74, 6) is -0.120. The monoisotopic (exact) mass is 368 g/mol. The number of anilines is 1. The lowest BCUT2D eigenvalue weighted by atomic mass is 10.00. The van der Waals surface area contributed by atoms with Gasteiger partial charge in [-0.3, -0.25) is 4.79 Å². The molecule has 3 nitrogen and oxygen atoms in total. The molecule has 1 aliphatic heterocycles. The highest BCUT2D eigenvalue weighted by Crippen LogP contribution is 2.33. The van der Waals surface area contributed by atoms with Gasteiger partial charge in [-0.25, -0.2) is 0 Å². The number of alkyl halides is 3. The highest BCUT2D eigenvalue weighted by molar-refractivity contribution is 6.33. The highest BCUT2D eigenvalue weighted by atomic mass is 35.5. The Bertz CT molecular complexity index is 792. The van der Waals surface area contributed by atoms with Gasteiger partial charge in [0, 0.05) is 13.1 Å². The van der Waals surface area contributed by atoms with E-state index in [1.807, 2.05) is 18.2 Å². The van der Waals surface area contributed by atoms with Crippen molar-refractivity contribution in [3.63, 3.8) is 0 Å². The van der Waals surface area contributed by atoms with Gasteiger partial charge in [-0.05, 0) is 35.7 Å². The summed E-state index contributed by atoms with van der Waals surface area (Å²) in [6.07, 6.45) is -3.65. The first-order valence-electron chi connectivity index (χ1n) is 7.80. The number of benzene rings is 2. The van der Waals surface area contributed by atoms with E-state index in [1.165, 1.54) is 11.6 Å². The van der Waals surface area contributed by atoms with Crippen molar-refractivity contribution >= 4 is 23.2 Å². The van der Waals surface area contributed by atoms with Crippen molar-refractivity contribution in [3.8, 4) is 0 Å². The molecule has 25 heavy (non-hydrogen) atoms. The molecule has 0 fully saturated rings. The van der Waals surface area contributed by atoms with Crippen LogP contribution in [0.5, 0.6) is 0 Å². The molecule has 7 heteroatoms. The molecule has 1 aliphatic rings. The second-order valence-corrected chi connectivity index (χ2v) is 6.29. The summed E-state index contributed by atoms with van der Waals surface area (Å²) in [5.41, 5.74) is 1.85. The van der Waals surface area contributed by atoms with Gasteiger partial charge < -0.3 is 10.2 Å². The molecule has 2 aromatic carbocycles. The lowest BCUT2D eigenvalue weighted by Crippen LogP contribution is -2.39. The van der Waals surface area contributed by atoms with Crippen molar-refractivity contribution < 1.29 is 18.0 Å². The lowest BCUT2D eigenvalue weighted by Gasteiger charge is -2.29. The molecule has 0 saturated heterocycles. The normalized spacial score (nSPS) is 14.2. The van der Waals surface area contributed by atoms with E-state index in [0.717, 1.165) is 24.1 Å². The molecule has 0 saturated carbocycles. The van der Waals surface area contributed by atoms with Gasteiger partial charge in [0.25, 0.3) is 0 Å². The average molecular weight is 369 g/mol. The van der Waals surface area contributed by atoms with Crippen LogP contribution in [0.1, 0.15) is 16.7 Å². The van der Waals surface area contributed by atoms with Crippen LogP contribution in [0.15, 0.2) is 42.5 Å². The summed E-state index contributed by atoms with van der Waals surface area (Å²) in [6, 6.07) is 11.0. The van der Waals surface area contributed by atoms with Gasteiger partial charge in [-0.2, -0.15) is 13.2 Å². The number of fused-ring (bicyclic) bond motifs is 1. The Hall–Kier alpha value is -2.21. The number of hydrogen-bond acceptors (Lipinski definition) is 2. The molecular weight excluding hydrogens is 353 g/mol. The number of carbonyl (C=O) groups excluding carboxylic acids is 1. The fourth-order valence-electron chi connectivity index (χ4n) is 2.83. The topological polar surface area (TPSA) is 32.3 Å². The maximum atomic E-state index is 12.6. The highest BCUT2D eigenvalue weighted by Gasteiger charge is 2.31. The maximum absolute atomic E-state index is 12.6. The number of amides is 1. The number of nitrogens with one attached hydrogen (secondary N) is 1. The van der Waals surface area contributed by atoms with E-state index in [2.05, 4.69) is 11.4 Å². The SMILES string of the molecule is O=C(CNc1ccc(C(F)(F)F)cc1Cl)N1CCc2ccccc2C1. The summed E-state index contributed by atoms with van der Waals surface area (Å²) in [4.78, 5) is 14.1. The van der Waals surface area contributed by atoms with E-state index in [-0.39, 0.29) is 17.5 Å². The first kappa shape index (κ1) is 17.6. The summed E-state index contributed by atoms with van der Waals surface area (Å²) in [6.45, 7) is 1.14. The number of carbonyl (C=O) groups is 1. The average Bonchev–Trinajstić information content (AvgIpc) is 2.59. The van der Waals surface area contributed by atoms with E-state index in [1.54, 1.807) is 4.90 Å². The van der Waals surface area contributed by atoms with Crippen molar-refractivity contribution in [1.29, 1.82) is 0 Å². The van der Waals surface area contributed by atoms with Gasteiger partial charge in [0.1, 0.15) is 0 Å². The molecule has 1 heterocycles. The second-order valence-electron chi connectivity index (χ2n) is 5.88. The lowest BCUT2D eigenvalue weighted by molar-refractivity contribution is -0.137. The van der Waals surface area contributed by atoms with E-state index in [0.29, 0.717) is 18.8 Å². The number of halogens is 4. The fourth-order valence-corrected chi connectivity index (χ4v) is 3.07. The molecule has 1 amide bonds. The van der Waals surface area contributed by atoms with Crippen molar-refractivity contribution in [1.82, 2.24) is 4.90 Å². The van der Waals surface area contributed by atoms with Gasteiger partial charge in [-0.1, -0.05) is 35.9 Å². The van der Waals surface area contributed by atoms with Gasteiger partial charge in [0.2, 0.25) is 5.91 Å². The van der Waals surface area contributed by atoms with Crippen LogP contribution in [0.3, 0.4) is 0 Å². The van der Waals surface area contributed by atoms with Crippen molar-refractivity contribution in [2.75, 3.05) is 18.4 Å². The zero-order chi connectivity index (χ0) is 18.0. The summed E-state index contributed by atoms with van der Waals surface area (Å²) in [5, 5.41) is 2.76. The smallest absolute Gasteiger partial charge is 0.375 e. The first-order valence-corrected chi connectivity index (χ1v) is 8.17. The Morgan fingerprint density at radius 3 is 2.56 bits per heavy atom. The minimum absolute atomic E-state index is 0.0206. The van der Waals surface area contributed by atoms with Crippen LogP contribution in [0, 0.1) is 0 Å². The van der Waals surface area contributed by atoms with Crippen LogP contribution < -0.4 is 5.32 Å². The van der Waals surface area contributed by atoms with Crippen molar-refractivity contribution in [3.05, 3.63) is 64.2 Å². The third-order valence-electron chi connectivity index (χ3n) is 4.21.